The molecule has 2 heterocycles. The Morgan fingerprint density at radius 3 is 3.10 bits per heavy atom. The van der Waals surface area contributed by atoms with Crippen LogP contribution in [0.5, 0.6) is 0 Å². The molecule has 0 spiro atoms. The minimum atomic E-state index is 0.605. The fraction of sp³-hybridized carbons (Fsp3) is 0.529. The molecule has 4 nitrogen and oxygen atoms in total. The van der Waals surface area contributed by atoms with Gasteiger partial charge in [-0.15, -0.1) is 0 Å². The van der Waals surface area contributed by atoms with Gasteiger partial charge in [0.2, 0.25) is 0 Å². The van der Waals surface area contributed by atoms with Crippen molar-refractivity contribution in [1.29, 1.82) is 0 Å². The molecule has 0 N–H and O–H groups in total. The number of hydrogen-bond donors (Lipinski definition) is 0. The number of ether oxygens (including phenoxy) is 1. The van der Waals surface area contributed by atoms with Crippen LogP contribution in [0.1, 0.15) is 25.3 Å². The van der Waals surface area contributed by atoms with Crippen LogP contribution in [-0.4, -0.2) is 36.3 Å². The summed E-state index contributed by atoms with van der Waals surface area (Å²) < 4.78 is 5.60. The highest BCUT2D eigenvalue weighted by atomic mass is 16.5. The Labute approximate surface area is 126 Å². The van der Waals surface area contributed by atoms with Gasteiger partial charge in [0.1, 0.15) is 12.1 Å². The molecule has 1 unspecified atom stereocenters. The molecule has 0 amide bonds. The Balaban J connectivity index is 1.87. The number of hydrogen-bond acceptors (Lipinski definition) is 4. The van der Waals surface area contributed by atoms with Gasteiger partial charge in [0.15, 0.2) is 0 Å². The van der Waals surface area contributed by atoms with Gasteiger partial charge in [0.05, 0.1) is 12.1 Å². The second-order valence-electron chi connectivity index (χ2n) is 5.83. The summed E-state index contributed by atoms with van der Waals surface area (Å²) in [4.78, 5) is 11.3. The number of rotatable bonds is 4. The summed E-state index contributed by atoms with van der Waals surface area (Å²) in [7, 11) is 0. The number of aromatic nitrogens is 2. The van der Waals surface area contributed by atoms with E-state index in [9.17, 15) is 0 Å². The van der Waals surface area contributed by atoms with E-state index in [1.54, 1.807) is 6.33 Å². The van der Waals surface area contributed by atoms with E-state index in [1.165, 1.54) is 18.4 Å². The van der Waals surface area contributed by atoms with Crippen LogP contribution in [0, 0.1) is 12.8 Å². The third kappa shape index (κ3) is 3.16. The maximum Gasteiger partial charge on any atom is 0.139 e. The number of fused-ring (bicyclic) bond motifs is 1. The summed E-state index contributed by atoms with van der Waals surface area (Å²) >= 11 is 0. The fourth-order valence-electron chi connectivity index (χ4n) is 3.09. The standard InChI is InChI=1S/C17H23N3O/c1-3-21-11-14-5-4-8-20(10-14)17-15-9-13(2)6-7-16(15)18-12-19-17/h6-7,9,12,14H,3-5,8,10-11H2,1-2H3. The average molecular weight is 285 g/mol. The van der Waals surface area contributed by atoms with Crippen LogP contribution in [0.15, 0.2) is 24.5 Å². The predicted molar refractivity (Wildman–Crippen MR) is 85.7 cm³/mol. The topological polar surface area (TPSA) is 38.2 Å². The molecule has 21 heavy (non-hydrogen) atoms. The maximum atomic E-state index is 5.60. The van der Waals surface area contributed by atoms with E-state index < -0.39 is 0 Å². The van der Waals surface area contributed by atoms with Crippen molar-refractivity contribution in [2.24, 2.45) is 5.92 Å². The van der Waals surface area contributed by atoms with E-state index in [0.29, 0.717) is 5.92 Å². The molecule has 0 saturated carbocycles. The van der Waals surface area contributed by atoms with Gasteiger partial charge in [-0.3, -0.25) is 0 Å². The first-order valence-corrected chi connectivity index (χ1v) is 7.82. The number of benzene rings is 1. The van der Waals surface area contributed by atoms with Gasteiger partial charge in [-0.05, 0) is 44.7 Å². The normalized spacial score (nSPS) is 19.1. The van der Waals surface area contributed by atoms with Gasteiger partial charge >= 0.3 is 0 Å². The lowest BCUT2D eigenvalue weighted by Gasteiger charge is -2.34. The van der Waals surface area contributed by atoms with Crippen molar-refractivity contribution in [3.63, 3.8) is 0 Å². The molecule has 0 radical (unpaired) electrons. The van der Waals surface area contributed by atoms with Gasteiger partial charge in [-0.1, -0.05) is 11.6 Å². The van der Waals surface area contributed by atoms with Crippen LogP contribution < -0.4 is 4.90 Å². The lowest BCUT2D eigenvalue weighted by molar-refractivity contribution is 0.104. The second kappa shape index (κ2) is 6.39. The molecule has 0 aliphatic carbocycles. The molecule has 4 heteroatoms. The minimum Gasteiger partial charge on any atom is -0.381 e. The van der Waals surface area contributed by atoms with E-state index in [-0.39, 0.29) is 0 Å². The van der Waals surface area contributed by atoms with Gasteiger partial charge in [0.25, 0.3) is 0 Å². The van der Waals surface area contributed by atoms with Crippen molar-refractivity contribution >= 4 is 16.7 Å². The van der Waals surface area contributed by atoms with E-state index >= 15 is 0 Å². The monoisotopic (exact) mass is 285 g/mol. The van der Waals surface area contributed by atoms with Crippen molar-refractivity contribution < 1.29 is 4.74 Å². The molecule has 1 atom stereocenters. The van der Waals surface area contributed by atoms with Crippen LogP contribution in [0.3, 0.4) is 0 Å². The highest BCUT2D eigenvalue weighted by molar-refractivity contribution is 5.89. The number of nitrogens with zero attached hydrogens (tertiary/aromatic N) is 3. The van der Waals surface area contributed by atoms with Crippen LogP contribution in [-0.2, 0) is 4.74 Å². The fourth-order valence-corrected chi connectivity index (χ4v) is 3.09. The first kappa shape index (κ1) is 14.3. The van der Waals surface area contributed by atoms with Gasteiger partial charge in [-0.2, -0.15) is 0 Å². The second-order valence-corrected chi connectivity index (χ2v) is 5.83. The van der Waals surface area contributed by atoms with E-state index in [0.717, 1.165) is 43.0 Å². The number of piperidine rings is 1. The van der Waals surface area contributed by atoms with Crippen molar-refractivity contribution in [3.05, 3.63) is 30.1 Å². The molecule has 3 rings (SSSR count). The Hall–Kier alpha value is -1.68. The molecule has 1 aliphatic heterocycles. The van der Waals surface area contributed by atoms with Gasteiger partial charge < -0.3 is 9.64 Å². The van der Waals surface area contributed by atoms with E-state index in [2.05, 4.69) is 46.9 Å². The Kier molecular flexibility index (Phi) is 4.34. The molecule has 1 aromatic heterocycles. The summed E-state index contributed by atoms with van der Waals surface area (Å²) in [6.07, 6.45) is 4.13. The van der Waals surface area contributed by atoms with Crippen LogP contribution in [0.4, 0.5) is 5.82 Å². The summed E-state index contributed by atoms with van der Waals surface area (Å²) in [5, 5.41) is 1.16. The zero-order chi connectivity index (χ0) is 14.7. The SMILES string of the molecule is CCOCC1CCCN(c2ncnc3ccc(C)cc23)C1. The van der Waals surface area contributed by atoms with E-state index in [1.807, 2.05) is 0 Å². The molecule has 1 fully saturated rings. The van der Waals surface area contributed by atoms with E-state index in [4.69, 9.17) is 4.74 Å². The first-order chi connectivity index (χ1) is 10.3. The lowest BCUT2D eigenvalue weighted by Crippen LogP contribution is -2.37. The zero-order valence-electron chi connectivity index (χ0n) is 12.9. The lowest BCUT2D eigenvalue weighted by atomic mass is 9.98. The molecule has 1 aliphatic rings. The first-order valence-electron chi connectivity index (χ1n) is 7.82. The van der Waals surface area contributed by atoms with Crippen molar-refractivity contribution in [2.75, 3.05) is 31.2 Å². The highest BCUT2D eigenvalue weighted by Crippen LogP contribution is 2.28. The van der Waals surface area contributed by atoms with Gasteiger partial charge in [0, 0.05) is 25.1 Å². The summed E-state index contributed by atoms with van der Waals surface area (Å²) in [5.41, 5.74) is 2.28. The summed E-state index contributed by atoms with van der Waals surface area (Å²) in [6, 6.07) is 6.38. The third-order valence-electron chi connectivity index (χ3n) is 4.15. The third-order valence-corrected chi connectivity index (χ3v) is 4.15. The zero-order valence-corrected chi connectivity index (χ0v) is 12.9. The van der Waals surface area contributed by atoms with Crippen LogP contribution in [0.25, 0.3) is 10.9 Å². The van der Waals surface area contributed by atoms with Crippen molar-refractivity contribution in [1.82, 2.24) is 9.97 Å². The quantitative estimate of drug-likeness (QED) is 0.864. The van der Waals surface area contributed by atoms with Crippen molar-refractivity contribution in [2.45, 2.75) is 26.7 Å². The molecule has 2 aromatic rings. The Morgan fingerprint density at radius 2 is 2.24 bits per heavy atom. The molecular formula is C17H23N3O. The van der Waals surface area contributed by atoms with Crippen molar-refractivity contribution in [3.8, 4) is 0 Å². The molecular weight excluding hydrogens is 262 g/mol. The Bertz CT molecular complexity index is 614. The largest absolute Gasteiger partial charge is 0.381 e. The smallest absolute Gasteiger partial charge is 0.139 e. The maximum absolute atomic E-state index is 5.60. The van der Waals surface area contributed by atoms with Crippen LogP contribution >= 0.6 is 0 Å². The molecule has 1 aromatic carbocycles. The summed E-state index contributed by atoms with van der Waals surface area (Å²) in [6.45, 7) is 7.93. The highest BCUT2D eigenvalue weighted by Gasteiger charge is 2.22. The molecule has 0 bridgehead atoms. The molecule has 1 saturated heterocycles. The average Bonchev–Trinajstić information content (AvgIpc) is 2.52. The Morgan fingerprint density at radius 1 is 1.33 bits per heavy atom. The van der Waals surface area contributed by atoms with Gasteiger partial charge in [-0.25, -0.2) is 9.97 Å². The minimum absolute atomic E-state index is 0.605. The summed E-state index contributed by atoms with van der Waals surface area (Å²) in [5.74, 6) is 1.68. The number of aryl methyl sites for hydroxylation is 1. The molecule has 112 valence electrons. The predicted octanol–water partition coefficient (Wildman–Crippen LogP) is 3.19. The van der Waals surface area contributed by atoms with Crippen LogP contribution in [0.2, 0.25) is 0 Å². The number of anilines is 1.